The molecule has 0 fully saturated rings. The second-order valence-corrected chi connectivity index (χ2v) is 7.69. The molecule has 2 atom stereocenters. The zero-order valence-electron chi connectivity index (χ0n) is 14.6. The third-order valence-electron chi connectivity index (χ3n) is 4.01. The number of nitrogens with two attached hydrogens (primary N) is 1. The molecular formula is C18H23N3O5S. The van der Waals surface area contributed by atoms with Crippen molar-refractivity contribution in [3.8, 4) is 0 Å². The molecule has 146 valence electrons. The standard InChI is InChI=1S/C18H23N3O5S/c19-27(25,26)15-8-6-14(7-9-15)11-20-12-17(22)16(21-18(23)24)10-13-4-2-1-3-5-13/h1-9,16-17,20-22H,10-12H2,(H,23,24)(H2,19,25,26)/t16-,17+/m0/s1. The summed E-state index contributed by atoms with van der Waals surface area (Å²) in [7, 11) is -3.73. The molecule has 0 aliphatic carbocycles. The molecule has 0 bridgehead atoms. The van der Waals surface area contributed by atoms with Crippen LogP contribution in [0.15, 0.2) is 59.5 Å². The molecule has 0 aromatic heterocycles. The van der Waals surface area contributed by atoms with Crippen molar-refractivity contribution in [2.24, 2.45) is 5.14 Å². The predicted octanol–water partition coefficient (Wildman–Crippen LogP) is 0.663. The van der Waals surface area contributed by atoms with Crippen molar-refractivity contribution in [3.63, 3.8) is 0 Å². The highest BCUT2D eigenvalue weighted by Gasteiger charge is 2.21. The van der Waals surface area contributed by atoms with Gasteiger partial charge in [-0.3, -0.25) is 0 Å². The van der Waals surface area contributed by atoms with Gasteiger partial charge in [0.1, 0.15) is 0 Å². The van der Waals surface area contributed by atoms with Crippen molar-refractivity contribution in [3.05, 3.63) is 65.7 Å². The van der Waals surface area contributed by atoms with Crippen molar-refractivity contribution in [2.45, 2.75) is 30.0 Å². The quantitative estimate of drug-likeness (QED) is 0.424. The second-order valence-electron chi connectivity index (χ2n) is 6.13. The molecule has 0 saturated carbocycles. The van der Waals surface area contributed by atoms with Crippen molar-refractivity contribution in [1.29, 1.82) is 0 Å². The minimum atomic E-state index is -3.73. The lowest BCUT2D eigenvalue weighted by atomic mass is 10.0. The normalized spacial score (nSPS) is 13.7. The number of sulfonamides is 1. The average molecular weight is 393 g/mol. The summed E-state index contributed by atoms with van der Waals surface area (Å²) in [4.78, 5) is 11.0. The molecule has 0 aliphatic rings. The van der Waals surface area contributed by atoms with Crippen molar-refractivity contribution >= 4 is 16.1 Å². The van der Waals surface area contributed by atoms with Gasteiger partial charge >= 0.3 is 6.09 Å². The van der Waals surface area contributed by atoms with E-state index in [-0.39, 0.29) is 11.4 Å². The number of nitrogens with one attached hydrogen (secondary N) is 2. The molecule has 2 aromatic rings. The topological polar surface area (TPSA) is 142 Å². The molecule has 1 amide bonds. The van der Waals surface area contributed by atoms with E-state index in [9.17, 15) is 18.3 Å². The Balaban J connectivity index is 1.90. The van der Waals surface area contributed by atoms with Crippen LogP contribution in [0.1, 0.15) is 11.1 Å². The number of primary sulfonamides is 1. The first kappa shape index (κ1) is 20.8. The van der Waals surface area contributed by atoms with E-state index in [1.807, 2.05) is 30.3 Å². The van der Waals surface area contributed by atoms with Crippen molar-refractivity contribution in [1.82, 2.24) is 10.6 Å². The number of amides is 1. The first-order valence-corrected chi connectivity index (χ1v) is 9.84. The smallest absolute Gasteiger partial charge is 0.404 e. The molecule has 2 aromatic carbocycles. The highest BCUT2D eigenvalue weighted by atomic mass is 32.2. The van der Waals surface area contributed by atoms with Crippen LogP contribution >= 0.6 is 0 Å². The van der Waals surface area contributed by atoms with Gasteiger partial charge in [0.15, 0.2) is 0 Å². The summed E-state index contributed by atoms with van der Waals surface area (Å²) in [6, 6.07) is 14.7. The molecule has 0 aliphatic heterocycles. The Morgan fingerprint density at radius 3 is 2.22 bits per heavy atom. The monoisotopic (exact) mass is 393 g/mol. The average Bonchev–Trinajstić information content (AvgIpc) is 2.61. The largest absolute Gasteiger partial charge is 0.465 e. The van der Waals surface area contributed by atoms with Gasteiger partial charge in [0.2, 0.25) is 10.0 Å². The number of benzene rings is 2. The van der Waals surface area contributed by atoms with Gasteiger partial charge in [0, 0.05) is 13.1 Å². The van der Waals surface area contributed by atoms with Gasteiger partial charge in [-0.05, 0) is 29.7 Å². The van der Waals surface area contributed by atoms with Crippen LogP contribution in [0.25, 0.3) is 0 Å². The summed E-state index contributed by atoms with van der Waals surface area (Å²) >= 11 is 0. The van der Waals surface area contributed by atoms with Gasteiger partial charge in [-0.15, -0.1) is 0 Å². The van der Waals surface area contributed by atoms with E-state index < -0.39 is 28.3 Å². The molecule has 0 radical (unpaired) electrons. The third-order valence-corrected chi connectivity index (χ3v) is 4.94. The Hall–Kier alpha value is -2.46. The van der Waals surface area contributed by atoms with E-state index in [1.54, 1.807) is 12.1 Å². The van der Waals surface area contributed by atoms with Crippen LogP contribution < -0.4 is 15.8 Å². The number of carbonyl (C=O) groups is 1. The molecule has 2 rings (SSSR count). The van der Waals surface area contributed by atoms with Gasteiger partial charge in [0.25, 0.3) is 0 Å². The summed E-state index contributed by atoms with van der Waals surface area (Å²) in [6.07, 6.45) is -1.78. The minimum absolute atomic E-state index is 0.0277. The third kappa shape index (κ3) is 6.99. The molecule has 0 saturated heterocycles. The maximum absolute atomic E-state index is 11.2. The second kappa shape index (κ2) is 9.47. The minimum Gasteiger partial charge on any atom is -0.465 e. The Morgan fingerprint density at radius 1 is 1.04 bits per heavy atom. The van der Waals surface area contributed by atoms with Crippen molar-refractivity contribution in [2.75, 3.05) is 6.54 Å². The van der Waals surface area contributed by atoms with Crippen LogP contribution in [-0.2, 0) is 23.0 Å². The van der Waals surface area contributed by atoms with Crippen LogP contribution in [0.5, 0.6) is 0 Å². The fourth-order valence-electron chi connectivity index (χ4n) is 2.61. The Labute approximate surface area is 158 Å². The van der Waals surface area contributed by atoms with Crippen molar-refractivity contribution < 1.29 is 23.4 Å². The predicted molar refractivity (Wildman–Crippen MR) is 101 cm³/mol. The molecule has 0 spiro atoms. The van der Waals surface area contributed by atoms with E-state index in [4.69, 9.17) is 10.2 Å². The maximum Gasteiger partial charge on any atom is 0.404 e. The van der Waals surface area contributed by atoms with E-state index in [0.717, 1.165) is 11.1 Å². The number of aliphatic hydroxyl groups is 1. The summed E-state index contributed by atoms with van der Waals surface area (Å²) in [5, 5.41) is 29.8. The number of aliphatic hydroxyl groups excluding tert-OH is 1. The molecule has 0 unspecified atom stereocenters. The summed E-state index contributed by atoms with van der Waals surface area (Å²) in [6.45, 7) is 0.543. The summed E-state index contributed by atoms with van der Waals surface area (Å²) in [5.41, 5.74) is 1.72. The molecule has 6 N–H and O–H groups in total. The summed E-state index contributed by atoms with van der Waals surface area (Å²) in [5.74, 6) is 0. The molecule has 0 heterocycles. The first-order chi connectivity index (χ1) is 12.8. The zero-order valence-corrected chi connectivity index (χ0v) is 15.4. The lowest BCUT2D eigenvalue weighted by Crippen LogP contribution is -2.48. The highest BCUT2D eigenvalue weighted by molar-refractivity contribution is 7.89. The Bertz CT molecular complexity index is 841. The summed E-state index contributed by atoms with van der Waals surface area (Å²) < 4.78 is 22.5. The number of hydrogen-bond donors (Lipinski definition) is 5. The Morgan fingerprint density at radius 2 is 1.67 bits per heavy atom. The number of rotatable bonds is 9. The zero-order chi connectivity index (χ0) is 19.9. The number of carboxylic acid groups (broad SMARTS) is 1. The lowest BCUT2D eigenvalue weighted by molar-refractivity contribution is 0.117. The van der Waals surface area contributed by atoms with E-state index in [1.165, 1.54) is 12.1 Å². The van der Waals surface area contributed by atoms with E-state index >= 15 is 0 Å². The van der Waals surface area contributed by atoms with Gasteiger partial charge in [-0.2, -0.15) is 0 Å². The first-order valence-electron chi connectivity index (χ1n) is 8.29. The fraction of sp³-hybridized carbons (Fsp3) is 0.278. The van der Waals surface area contributed by atoms with Gasteiger partial charge in [-0.1, -0.05) is 42.5 Å². The fourth-order valence-corrected chi connectivity index (χ4v) is 3.13. The van der Waals surface area contributed by atoms with Crippen LogP contribution in [0, 0.1) is 0 Å². The lowest BCUT2D eigenvalue weighted by Gasteiger charge is -2.23. The maximum atomic E-state index is 11.2. The molecule has 8 nitrogen and oxygen atoms in total. The SMILES string of the molecule is NS(=O)(=O)c1ccc(CNC[C@@H](O)[C@H](Cc2ccccc2)NC(=O)O)cc1. The van der Waals surface area contributed by atoms with Crippen LogP contribution in [0.4, 0.5) is 4.79 Å². The van der Waals surface area contributed by atoms with Crippen LogP contribution in [0.3, 0.4) is 0 Å². The van der Waals surface area contributed by atoms with Crippen LogP contribution in [0.2, 0.25) is 0 Å². The van der Waals surface area contributed by atoms with Gasteiger partial charge in [0.05, 0.1) is 17.0 Å². The van der Waals surface area contributed by atoms with E-state index in [0.29, 0.717) is 13.0 Å². The van der Waals surface area contributed by atoms with Gasteiger partial charge in [-0.25, -0.2) is 18.4 Å². The number of hydrogen-bond acceptors (Lipinski definition) is 5. The molecule has 27 heavy (non-hydrogen) atoms. The highest BCUT2D eigenvalue weighted by Crippen LogP contribution is 2.09. The molecular weight excluding hydrogens is 370 g/mol. The van der Waals surface area contributed by atoms with Gasteiger partial charge < -0.3 is 20.8 Å². The van der Waals surface area contributed by atoms with E-state index in [2.05, 4.69) is 10.6 Å². The molecule has 9 heteroatoms. The Kier molecular flexibility index (Phi) is 7.31. The van der Waals surface area contributed by atoms with Crippen LogP contribution in [-0.4, -0.2) is 43.4 Å².